The van der Waals surface area contributed by atoms with E-state index in [4.69, 9.17) is 10.00 Å². The van der Waals surface area contributed by atoms with E-state index >= 15 is 0 Å². The lowest BCUT2D eigenvalue weighted by Gasteiger charge is -2.39. The standard InChI is InChI=1S/C16H28N2O/c1-5-18-13(11-17)7-9-19-14-10-12-6-8-16(14,4)15(12,2)3/h12-14,18H,5-10H2,1-4H3. The van der Waals surface area contributed by atoms with Crippen LogP contribution in [0.4, 0.5) is 0 Å². The lowest BCUT2D eigenvalue weighted by molar-refractivity contribution is -0.0479. The second-order valence-corrected chi connectivity index (χ2v) is 7.00. The first-order chi connectivity index (χ1) is 8.95. The van der Waals surface area contributed by atoms with Gasteiger partial charge in [-0.3, -0.25) is 0 Å². The van der Waals surface area contributed by atoms with E-state index in [9.17, 15) is 0 Å². The van der Waals surface area contributed by atoms with Gasteiger partial charge in [-0.05, 0) is 49.0 Å². The molecular formula is C16H28N2O. The monoisotopic (exact) mass is 264 g/mol. The number of hydrogen-bond acceptors (Lipinski definition) is 3. The second kappa shape index (κ2) is 5.42. The number of hydrogen-bond donors (Lipinski definition) is 1. The molecule has 2 rings (SSSR count). The zero-order valence-electron chi connectivity index (χ0n) is 12.8. The molecule has 19 heavy (non-hydrogen) atoms. The van der Waals surface area contributed by atoms with Gasteiger partial charge < -0.3 is 10.1 Å². The van der Waals surface area contributed by atoms with Gasteiger partial charge in [0.05, 0.1) is 18.2 Å². The summed E-state index contributed by atoms with van der Waals surface area (Å²) in [6.45, 7) is 10.8. The number of rotatable bonds is 6. The van der Waals surface area contributed by atoms with Crippen molar-refractivity contribution in [1.29, 1.82) is 5.26 Å². The van der Waals surface area contributed by atoms with Crippen LogP contribution in [0.2, 0.25) is 0 Å². The molecule has 0 radical (unpaired) electrons. The molecule has 0 aromatic rings. The van der Waals surface area contributed by atoms with Crippen molar-refractivity contribution in [2.45, 2.75) is 65.5 Å². The highest BCUT2D eigenvalue weighted by atomic mass is 16.5. The predicted molar refractivity (Wildman–Crippen MR) is 76.7 cm³/mol. The molecule has 2 aliphatic rings. The molecule has 0 aromatic heterocycles. The number of ether oxygens (including phenoxy) is 1. The summed E-state index contributed by atoms with van der Waals surface area (Å²) in [4.78, 5) is 0. The minimum Gasteiger partial charge on any atom is -0.378 e. The molecule has 2 aliphatic carbocycles. The normalized spacial score (nSPS) is 37.2. The molecule has 2 saturated carbocycles. The smallest absolute Gasteiger partial charge is 0.0974 e. The molecule has 4 atom stereocenters. The van der Waals surface area contributed by atoms with E-state index in [-0.39, 0.29) is 6.04 Å². The Morgan fingerprint density at radius 1 is 1.42 bits per heavy atom. The van der Waals surface area contributed by atoms with Gasteiger partial charge >= 0.3 is 0 Å². The number of nitrogens with one attached hydrogen (secondary N) is 1. The summed E-state index contributed by atoms with van der Waals surface area (Å²) in [5, 5.41) is 12.2. The van der Waals surface area contributed by atoms with E-state index in [1.54, 1.807) is 0 Å². The molecule has 3 heteroatoms. The van der Waals surface area contributed by atoms with E-state index < -0.39 is 0 Å². The number of nitrogens with zero attached hydrogens (tertiary/aromatic N) is 1. The second-order valence-electron chi connectivity index (χ2n) is 7.00. The van der Waals surface area contributed by atoms with E-state index in [1.165, 1.54) is 19.3 Å². The van der Waals surface area contributed by atoms with Gasteiger partial charge in [-0.2, -0.15) is 5.26 Å². The van der Waals surface area contributed by atoms with Crippen LogP contribution < -0.4 is 5.32 Å². The van der Waals surface area contributed by atoms with Crippen molar-refractivity contribution in [3.63, 3.8) is 0 Å². The van der Waals surface area contributed by atoms with Gasteiger partial charge in [-0.25, -0.2) is 0 Å². The van der Waals surface area contributed by atoms with Gasteiger partial charge in [0.15, 0.2) is 0 Å². The summed E-state index contributed by atoms with van der Waals surface area (Å²) in [6.07, 6.45) is 5.05. The Morgan fingerprint density at radius 3 is 2.63 bits per heavy atom. The summed E-state index contributed by atoms with van der Waals surface area (Å²) in [5.74, 6) is 0.822. The number of nitriles is 1. The Hall–Kier alpha value is -0.590. The summed E-state index contributed by atoms with van der Waals surface area (Å²) >= 11 is 0. The first kappa shape index (κ1) is 14.8. The minimum atomic E-state index is -0.0654. The zero-order valence-corrected chi connectivity index (χ0v) is 12.8. The Kier molecular flexibility index (Phi) is 4.23. The Labute approximate surface area is 117 Å². The Bertz CT molecular complexity index is 360. The van der Waals surface area contributed by atoms with Gasteiger partial charge in [0.2, 0.25) is 0 Å². The van der Waals surface area contributed by atoms with Crippen LogP contribution in [0.1, 0.15) is 53.4 Å². The predicted octanol–water partition coefficient (Wildman–Crippen LogP) is 3.11. The molecule has 0 saturated heterocycles. The maximum Gasteiger partial charge on any atom is 0.0974 e. The van der Waals surface area contributed by atoms with Gasteiger partial charge in [0.1, 0.15) is 0 Å². The Balaban J connectivity index is 1.84. The van der Waals surface area contributed by atoms with Crippen LogP contribution in [-0.4, -0.2) is 25.3 Å². The molecule has 1 N–H and O–H groups in total. The molecule has 108 valence electrons. The lowest BCUT2D eigenvalue weighted by Crippen LogP contribution is -2.38. The van der Waals surface area contributed by atoms with E-state index in [0.717, 1.165) is 18.9 Å². The first-order valence-corrected chi connectivity index (χ1v) is 7.70. The fourth-order valence-electron chi connectivity index (χ4n) is 4.17. The molecule has 0 heterocycles. The quantitative estimate of drug-likeness (QED) is 0.801. The van der Waals surface area contributed by atoms with Crippen molar-refractivity contribution in [3.05, 3.63) is 0 Å². The van der Waals surface area contributed by atoms with Crippen LogP contribution in [-0.2, 0) is 4.74 Å². The van der Waals surface area contributed by atoms with Crippen molar-refractivity contribution >= 4 is 0 Å². The summed E-state index contributed by atoms with van der Waals surface area (Å²) in [6, 6.07) is 2.23. The summed E-state index contributed by atoms with van der Waals surface area (Å²) in [5.41, 5.74) is 0.742. The van der Waals surface area contributed by atoms with Crippen LogP contribution in [0.3, 0.4) is 0 Å². The highest BCUT2D eigenvalue weighted by Crippen LogP contribution is 2.66. The van der Waals surface area contributed by atoms with Crippen LogP contribution in [0.25, 0.3) is 0 Å². The van der Waals surface area contributed by atoms with Crippen molar-refractivity contribution in [3.8, 4) is 6.07 Å². The average molecular weight is 264 g/mol. The topological polar surface area (TPSA) is 45.0 Å². The lowest BCUT2D eigenvalue weighted by atomic mass is 9.70. The highest BCUT2D eigenvalue weighted by molar-refractivity contribution is 5.11. The highest BCUT2D eigenvalue weighted by Gasteiger charge is 2.61. The molecular weight excluding hydrogens is 236 g/mol. The van der Waals surface area contributed by atoms with Crippen LogP contribution in [0.15, 0.2) is 0 Å². The van der Waals surface area contributed by atoms with Crippen LogP contribution in [0.5, 0.6) is 0 Å². The number of fused-ring (bicyclic) bond motifs is 2. The van der Waals surface area contributed by atoms with Gasteiger partial charge in [-0.15, -0.1) is 0 Å². The van der Waals surface area contributed by atoms with Gasteiger partial charge in [0, 0.05) is 6.61 Å². The van der Waals surface area contributed by atoms with Crippen molar-refractivity contribution in [2.24, 2.45) is 16.7 Å². The average Bonchev–Trinajstić information content (AvgIpc) is 2.70. The van der Waals surface area contributed by atoms with Gasteiger partial charge in [0.25, 0.3) is 0 Å². The Morgan fingerprint density at radius 2 is 2.16 bits per heavy atom. The van der Waals surface area contributed by atoms with Gasteiger partial charge in [-0.1, -0.05) is 27.7 Å². The molecule has 0 aliphatic heterocycles. The third kappa shape index (κ3) is 2.41. The molecule has 4 unspecified atom stereocenters. The fourth-order valence-corrected chi connectivity index (χ4v) is 4.17. The van der Waals surface area contributed by atoms with Crippen molar-refractivity contribution < 1.29 is 4.74 Å². The van der Waals surface area contributed by atoms with Crippen molar-refractivity contribution in [2.75, 3.05) is 13.2 Å². The largest absolute Gasteiger partial charge is 0.378 e. The van der Waals surface area contributed by atoms with E-state index in [2.05, 4.69) is 32.2 Å². The molecule has 3 nitrogen and oxygen atoms in total. The minimum absolute atomic E-state index is 0.0654. The van der Waals surface area contributed by atoms with Crippen LogP contribution in [0, 0.1) is 28.1 Å². The molecule has 2 fully saturated rings. The summed E-state index contributed by atoms with van der Waals surface area (Å²) in [7, 11) is 0. The maximum atomic E-state index is 9.02. The molecule has 0 spiro atoms. The molecule has 2 bridgehead atoms. The maximum absolute atomic E-state index is 9.02. The van der Waals surface area contributed by atoms with Crippen molar-refractivity contribution in [1.82, 2.24) is 5.32 Å². The SMILES string of the molecule is CCNC(C#N)CCOC1CC2CCC1(C)C2(C)C. The van der Waals surface area contributed by atoms with E-state index in [1.807, 2.05) is 6.92 Å². The fraction of sp³-hybridized carbons (Fsp3) is 0.938. The summed E-state index contributed by atoms with van der Waals surface area (Å²) < 4.78 is 6.16. The van der Waals surface area contributed by atoms with Crippen LogP contribution >= 0.6 is 0 Å². The molecule has 0 aromatic carbocycles. The third-order valence-corrected chi connectivity index (χ3v) is 6.05. The first-order valence-electron chi connectivity index (χ1n) is 7.70. The zero-order chi connectivity index (χ0) is 14.1. The van der Waals surface area contributed by atoms with E-state index in [0.29, 0.717) is 23.5 Å². The molecule has 0 amide bonds. The third-order valence-electron chi connectivity index (χ3n) is 6.05.